The summed E-state index contributed by atoms with van der Waals surface area (Å²) in [4.78, 5) is 17.7. The number of allylic oxidation sites excluding steroid dienone is 1. The standard InChI is InChI=1S/C23H24F2N2O/c1-2-26-7-9-27(10-8-26)21-5-6-22-17(14-21)3-4-18(23(22)28)11-16-12-19(24)15-20(25)13-16/h5-6,11-15H,2-4,7-10H2,1H3/b18-11+. The van der Waals surface area contributed by atoms with E-state index in [1.165, 1.54) is 17.8 Å². The zero-order valence-electron chi connectivity index (χ0n) is 16.0. The lowest BCUT2D eigenvalue weighted by Gasteiger charge is -2.36. The third-order valence-electron chi connectivity index (χ3n) is 5.70. The molecule has 2 aliphatic rings. The van der Waals surface area contributed by atoms with Crippen LogP contribution in [-0.2, 0) is 6.42 Å². The van der Waals surface area contributed by atoms with Crippen molar-refractivity contribution in [3.05, 3.63) is 70.3 Å². The lowest BCUT2D eigenvalue weighted by Crippen LogP contribution is -2.46. The number of likely N-dealkylation sites (N-methyl/N-ethyl adjacent to an activating group) is 1. The van der Waals surface area contributed by atoms with Gasteiger partial charge in [-0.3, -0.25) is 4.79 Å². The Morgan fingerprint density at radius 1 is 0.964 bits per heavy atom. The van der Waals surface area contributed by atoms with Gasteiger partial charge in [0.2, 0.25) is 0 Å². The summed E-state index contributed by atoms with van der Waals surface area (Å²) in [5.41, 5.74) is 3.91. The summed E-state index contributed by atoms with van der Waals surface area (Å²) in [6.45, 7) is 7.38. The molecule has 146 valence electrons. The second-order valence-corrected chi connectivity index (χ2v) is 7.46. The van der Waals surface area contributed by atoms with Crippen molar-refractivity contribution in [2.75, 3.05) is 37.6 Å². The van der Waals surface area contributed by atoms with Gasteiger partial charge in [-0.15, -0.1) is 0 Å². The fraction of sp³-hybridized carbons (Fsp3) is 0.348. The number of Topliss-reactive ketones (excluding diaryl/α,β-unsaturated/α-hetero) is 1. The molecule has 0 unspecified atom stereocenters. The molecule has 2 aromatic carbocycles. The molecule has 0 atom stereocenters. The third kappa shape index (κ3) is 3.85. The van der Waals surface area contributed by atoms with Gasteiger partial charge >= 0.3 is 0 Å². The van der Waals surface area contributed by atoms with Crippen LogP contribution in [-0.4, -0.2) is 43.4 Å². The Bertz CT molecular complexity index is 910. The van der Waals surface area contributed by atoms with Gasteiger partial charge < -0.3 is 9.80 Å². The number of hydrogen-bond acceptors (Lipinski definition) is 3. The Hall–Kier alpha value is -2.53. The first kappa shape index (κ1) is 18.8. The van der Waals surface area contributed by atoms with Crippen LogP contribution in [0.25, 0.3) is 6.08 Å². The van der Waals surface area contributed by atoms with Crippen molar-refractivity contribution in [3.63, 3.8) is 0 Å². The minimum Gasteiger partial charge on any atom is -0.369 e. The van der Waals surface area contributed by atoms with Crippen molar-refractivity contribution in [1.29, 1.82) is 0 Å². The van der Waals surface area contributed by atoms with Gasteiger partial charge in [-0.05, 0) is 66.9 Å². The molecule has 1 saturated heterocycles. The van der Waals surface area contributed by atoms with Crippen LogP contribution >= 0.6 is 0 Å². The number of benzene rings is 2. The number of piperazine rings is 1. The van der Waals surface area contributed by atoms with E-state index in [4.69, 9.17) is 0 Å². The van der Waals surface area contributed by atoms with Crippen LogP contribution in [0, 0.1) is 11.6 Å². The number of anilines is 1. The Kier molecular flexibility index (Phi) is 5.27. The Balaban J connectivity index is 1.55. The first-order chi connectivity index (χ1) is 13.5. The number of hydrogen-bond donors (Lipinski definition) is 0. The number of halogens is 2. The molecule has 4 rings (SSSR count). The summed E-state index contributed by atoms with van der Waals surface area (Å²) in [5.74, 6) is -1.32. The van der Waals surface area contributed by atoms with E-state index in [2.05, 4.69) is 22.8 Å². The average molecular weight is 382 g/mol. The molecule has 0 bridgehead atoms. The van der Waals surface area contributed by atoms with Crippen molar-refractivity contribution in [2.45, 2.75) is 19.8 Å². The zero-order valence-corrected chi connectivity index (χ0v) is 16.0. The minimum absolute atomic E-state index is 0.0479. The Labute approximate surface area is 164 Å². The van der Waals surface area contributed by atoms with Crippen LogP contribution < -0.4 is 4.90 Å². The van der Waals surface area contributed by atoms with E-state index in [0.717, 1.165) is 50.8 Å². The monoisotopic (exact) mass is 382 g/mol. The molecule has 0 N–H and O–H groups in total. The summed E-state index contributed by atoms with van der Waals surface area (Å²) in [5, 5.41) is 0. The second-order valence-electron chi connectivity index (χ2n) is 7.46. The maximum absolute atomic E-state index is 13.4. The maximum Gasteiger partial charge on any atom is 0.189 e. The van der Waals surface area contributed by atoms with E-state index in [9.17, 15) is 13.6 Å². The number of rotatable bonds is 3. The predicted octanol–water partition coefficient (Wildman–Crippen LogP) is 4.32. The number of carbonyl (C=O) groups excluding carboxylic acids is 1. The Morgan fingerprint density at radius 2 is 1.68 bits per heavy atom. The number of carbonyl (C=O) groups is 1. The van der Waals surface area contributed by atoms with Crippen LogP contribution in [0.3, 0.4) is 0 Å². The van der Waals surface area contributed by atoms with Crippen LogP contribution in [0.4, 0.5) is 14.5 Å². The first-order valence-corrected chi connectivity index (χ1v) is 9.85. The predicted molar refractivity (Wildman–Crippen MR) is 108 cm³/mol. The van der Waals surface area contributed by atoms with Gasteiger partial charge in [0.1, 0.15) is 11.6 Å². The molecule has 3 nitrogen and oxygen atoms in total. The van der Waals surface area contributed by atoms with Gasteiger partial charge in [0.05, 0.1) is 0 Å². The minimum atomic E-state index is -0.636. The van der Waals surface area contributed by atoms with E-state index >= 15 is 0 Å². The van der Waals surface area contributed by atoms with E-state index in [1.54, 1.807) is 6.08 Å². The van der Waals surface area contributed by atoms with Crippen molar-refractivity contribution >= 4 is 17.5 Å². The largest absolute Gasteiger partial charge is 0.369 e. The summed E-state index contributed by atoms with van der Waals surface area (Å²) < 4.78 is 26.8. The van der Waals surface area contributed by atoms with Crippen LogP contribution in [0.15, 0.2) is 42.0 Å². The van der Waals surface area contributed by atoms with Crippen LogP contribution in [0.1, 0.15) is 34.8 Å². The Morgan fingerprint density at radius 3 is 2.36 bits per heavy atom. The molecule has 28 heavy (non-hydrogen) atoms. The topological polar surface area (TPSA) is 23.6 Å². The van der Waals surface area contributed by atoms with Gasteiger partial charge in [0.15, 0.2) is 5.78 Å². The fourth-order valence-corrected chi connectivity index (χ4v) is 4.08. The zero-order chi connectivity index (χ0) is 19.7. The molecule has 1 aliphatic heterocycles. The van der Waals surface area contributed by atoms with Gasteiger partial charge in [-0.25, -0.2) is 8.78 Å². The normalized spacial score (nSPS) is 19.2. The van der Waals surface area contributed by atoms with E-state index in [-0.39, 0.29) is 5.78 Å². The number of ketones is 1. The molecule has 0 radical (unpaired) electrons. The highest BCUT2D eigenvalue weighted by atomic mass is 19.1. The van der Waals surface area contributed by atoms with E-state index in [0.29, 0.717) is 23.1 Å². The molecule has 0 amide bonds. The summed E-state index contributed by atoms with van der Waals surface area (Å²) in [7, 11) is 0. The first-order valence-electron chi connectivity index (χ1n) is 9.85. The number of fused-ring (bicyclic) bond motifs is 1. The smallest absolute Gasteiger partial charge is 0.189 e. The van der Waals surface area contributed by atoms with Crippen molar-refractivity contribution in [2.24, 2.45) is 0 Å². The van der Waals surface area contributed by atoms with Crippen LogP contribution in [0.2, 0.25) is 0 Å². The number of nitrogens with zero attached hydrogens (tertiary/aromatic N) is 2. The molecule has 0 saturated carbocycles. The van der Waals surface area contributed by atoms with Crippen LogP contribution in [0.5, 0.6) is 0 Å². The average Bonchev–Trinajstić information content (AvgIpc) is 2.69. The molecule has 1 fully saturated rings. The second kappa shape index (κ2) is 7.84. The summed E-state index contributed by atoms with van der Waals surface area (Å²) in [6, 6.07) is 9.38. The van der Waals surface area contributed by atoms with Crippen molar-refractivity contribution < 1.29 is 13.6 Å². The lowest BCUT2D eigenvalue weighted by molar-refractivity contribution is 0.102. The molecule has 0 aromatic heterocycles. The number of aryl methyl sites for hydroxylation is 1. The van der Waals surface area contributed by atoms with Gasteiger partial charge in [0, 0.05) is 49.1 Å². The summed E-state index contributed by atoms with van der Waals surface area (Å²) >= 11 is 0. The van der Waals surface area contributed by atoms with Gasteiger partial charge in [0.25, 0.3) is 0 Å². The highest BCUT2D eigenvalue weighted by molar-refractivity contribution is 6.13. The quantitative estimate of drug-likeness (QED) is 0.739. The van der Waals surface area contributed by atoms with Gasteiger partial charge in [-0.1, -0.05) is 6.92 Å². The molecule has 5 heteroatoms. The van der Waals surface area contributed by atoms with E-state index < -0.39 is 11.6 Å². The third-order valence-corrected chi connectivity index (χ3v) is 5.70. The highest BCUT2D eigenvalue weighted by Crippen LogP contribution is 2.30. The van der Waals surface area contributed by atoms with Crippen molar-refractivity contribution in [1.82, 2.24) is 4.90 Å². The SMILES string of the molecule is CCN1CCN(c2ccc3c(c2)CC/C(=C\c2cc(F)cc(F)c2)C3=O)CC1. The molecular weight excluding hydrogens is 358 g/mol. The maximum atomic E-state index is 13.4. The molecule has 0 spiro atoms. The highest BCUT2D eigenvalue weighted by Gasteiger charge is 2.24. The van der Waals surface area contributed by atoms with Gasteiger partial charge in [-0.2, -0.15) is 0 Å². The molecule has 1 heterocycles. The molecule has 2 aromatic rings. The fourth-order valence-electron chi connectivity index (χ4n) is 4.08. The molecular formula is C23H24F2N2O. The summed E-state index contributed by atoms with van der Waals surface area (Å²) in [6.07, 6.45) is 2.94. The molecule has 1 aliphatic carbocycles. The lowest BCUT2D eigenvalue weighted by atomic mass is 9.85. The van der Waals surface area contributed by atoms with Crippen molar-refractivity contribution in [3.8, 4) is 0 Å². The van der Waals surface area contributed by atoms with E-state index in [1.807, 2.05) is 12.1 Å².